The standard InChI is InChI=1S/C29H29NO5/c1-28(2,3)35-27(33)30(25(31)22-18-12-7-13-19-22)29(26(32)34-4)23(20-14-8-5-9-15-20)24(29)21-16-10-6-11-17-21/h5-19,23-24H,1-4H3/t23-,24-/m1/s1. The second-order valence-electron chi connectivity index (χ2n) is 9.58. The van der Waals surface area contributed by atoms with Crippen LogP contribution in [0.15, 0.2) is 91.0 Å². The molecule has 0 bridgehead atoms. The topological polar surface area (TPSA) is 72.9 Å². The fraction of sp³-hybridized carbons (Fsp3) is 0.276. The summed E-state index contributed by atoms with van der Waals surface area (Å²) in [5, 5.41) is 0. The van der Waals surface area contributed by atoms with Gasteiger partial charge in [0.15, 0.2) is 5.54 Å². The number of nitrogens with zero attached hydrogens (tertiary/aromatic N) is 1. The van der Waals surface area contributed by atoms with Gasteiger partial charge >= 0.3 is 12.1 Å². The van der Waals surface area contributed by atoms with E-state index in [9.17, 15) is 14.4 Å². The number of esters is 1. The van der Waals surface area contributed by atoms with Crippen molar-refractivity contribution in [2.45, 2.75) is 43.7 Å². The Bertz CT molecular complexity index is 1160. The van der Waals surface area contributed by atoms with Gasteiger partial charge in [-0.05, 0) is 44.0 Å². The normalized spacial score (nSPS) is 21.0. The van der Waals surface area contributed by atoms with Gasteiger partial charge in [-0.1, -0.05) is 78.9 Å². The third-order valence-corrected chi connectivity index (χ3v) is 6.17. The molecule has 180 valence electrons. The van der Waals surface area contributed by atoms with E-state index in [1.165, 1.54) is 7.11 Å². The van der Waals surface area contributed by atoms with Crippen molar-refractivity contribution in [3.63, 3.8) is 0 Å². The molecule has 2 amide bonds. The molecule has 35 heavy (non-hydrogen) atoms. The minimum atomic E-state index is -1.62. The van der Waals surface area contributed by atoms with E-state index in [1.54, 1.807) is 51.1 Å². The molecule has 0 unspecified atom stereocenters. The Morgan fingerprint density at radius 2 is 1.17 bits per heavy atom. The highest BCUT2D eigenvalue weighted by molar-refractivity contribution is 6.09. The second kappa shape index (κ2) is 9.37. The summed E-state index contributed by atoms with van der Waals surface area (Å²) >= 11 is 0. The van der Waals surface area contributed by atoms with Crippen LogP contribution in [-0.4, -0.2) is 41.1 Å². The van der Waals surface area contributed by atoms with E-state index >= 15 is 0 Å². The molecule has 0 aromatic heterocycles. The van der Waals surface area contributed by atoms with E-state index < -0.39 is 40.9 Å². The first-order valence-electron chi connectivity index (χ1n) is 11.5. The number of ether oxygens (including phenoxy) is 2. The van der Waals surface area contributed by atoms with E-state index in [0.29, 0.717) is 0 Å². The van der Waals surface area contributed by atoms with Gasteiger partial charge in [-0.15, -0.1) is 0 Å². The molecule has 3 aromatic rings. The van der Waals surface area contributed by atoms with Crippen molar-refractivity contribution in [2.24, 2.45) is 0 Å². The van der Waals surface area contributed by atoms with E-state index in [1.807, 2.05) is 60.7 Å². The van der Waals surface area contributed by atoms with Crippen molar-refractivity contribution in [3.8, 4) is 0 Å². The van der Waals surface area contributed by atoms with Crippen LogP contribution < -0.4 is 0 Å². The van der Waals surface area contributed by atoms with Crippen molar-refractivity contribution in [3.05, 3.63) is 108 Å². The molecular formula is C29H29NO5. The van der Waals surface area contributed by atoms with E-state index in [0.717, 1.165) is 16.0 Å². The summed E-state index contributed by atoms with van der Waals surface area (Å²) in [7, 11) is 1.27. The lowest BCUT2D eigenvalue weighted by molar-refractivity contribution is -0.148. The lowest BCUT2D eigenvalue weighted by Crippen LogP contribution is -2.54. The largest absolute Gasteiger partial charge is 0.467 e. The first-order chi connectivity index (χ1) is 16.7. The average molecular weight is 472 g/mol. The van der Waals surface area contributed by atoms with Crippen molar-refractivity contribution < 1.29 is 23.9 Å². The predicted octanol–water partition coefficient (Wildman–Crippen LogP) is 5.56. The fourth-order valence-electron chi connectivity index (χ4n) is 4.79. The number of amides is 2. The molecule has 1 fully saturated rings. The molecular weight excluding hydrogens is 442 g/mol. The fourth-order valence-corrected chi connectivity index (χ4v) is 4.79. The average Bonchev–Trinajstić information content (AvgIpc) is 3.54. The number of benzene rings is 3. The summed E-state index contributed by atoms with van der Waals surface area (Å²) in [6.07, 6.45) is -0.892. The van der Waals surface area contributed by atoms with E-state index in [2.05, 4.69) is 0 Å². The molecule has 4 rings (SSSR count). The van der Waals surface area contributed by atoms with Gasteiger partial charge in [0.1, 0.15) is 5.60 Å². The van der Waals surface area contributed by atoms with Crippen molar-refractivity contribution in [1.82, 2.24) is 4.90 Å². The Kier molecular flexibility index (Phi) is 6.48. The van der Waals surface area contributed by atoms with Gasteiger partial charge in [0.2, 0.25) is 0 Å². The third kappa shape index (κ3) is 4.44. The SMILES string of the molecule is COC(=O)C1(N(C(=O)OC(C)(C)C)C(=O)c2ccccc2)[C@H](c2ccccc2)[C@H]1c1ccccc1. The van der Waals surface area contributed by atoms with E-state index in [4.69, 9.17) is 9.47 Å². The molecule has 2 atom stereocenters. The Labute approximate surface area is 205 Å². The number of carbonyl (C=O) groups is 3. The van der Waals surface area contributed by atoms with Crippen LogP contribution in [0.5, 0.6) is 0 Å². The van der Waals surface area contributed by atoms with Crippen LogP contribution in [0.25, 0.3) is 0 Å². The quantitative estimate of drug-likeness (QED) is 0.456. The maximum Gasteiger partial charge on any atom is 0.418 e. The van der Waals surface area contributed by atoms with Crippen LogP contribution in [0.2, 0.25) is 0 Å². The van der Waals surface area contributed by atoms with Gasteiger partial charge in [0.25, 0.3) is 5.91 Å². The van der Waals surface area contributed by atoms with Gasteiger partial charge < -0.3 is 9.47 Å². The minimum absolute atomic E-state index is 0.271. The van der Waals surface area contributed by atoms with Gasteiger partial charge in [0, 0.05) is 17.4 Å². The number of methoxy groups -OCH3 is 1. The molecule has 0 aliphatic heterocycles. The van der Waals surface area contributed by atoms with Gasteiger partial charge in [-0.3, -0.25) is 4.79 Å². The third-order valence-electron chi connectivity index (χ3n) is 6.17. The maximum atomic E-state index is 14.0. The van der Waals surface area contributed by atoms with Gasteiger partial charge in [-0.25, -0.2) is 14.5 Å². The Morgan fingerprint density at radius 1 is 0.743 bits per heavy atom. The zero-order valence-corrected chi connectivity index (χ0v) is 20.3. The molecule has 0 heterocycles. The molecule has 0 saturated heterocycles. The molecule has 1 aliphatic rings. The minimum Gasteiger partial charge on any atom is -0.467 e. The van der Waals surface area contributed by atoms with Crippen molar-refractivity contribution in [1.29, 1.82) is 0 Å². The monoisotopic (exact) mass is 471 g/mol. The molecule has 0 N–H and O–H groups in total. The molecule has 1 aliphatic carbocycles. The van der Waals surface area contributed by atoms with Crippen LogP contribution in [0, 0.1) is 0 Å². The summed E-state index contributed by atoms with van der Waals surface area (Å²) in [6, 6.07) is 27.2. The molecule has 0 radical (unpaired) electrons. The number of rotatable bonds is 5. The van der Waals surface area contributed by atoms with Crippen LogP contribution in [0.3, 0.4) is 0 Å². The zero-order valence-electron chi connectivity index (χ0n) is 20.3. The Morgan fingerprint density at radius 3 is 1.57 bits per heavy atom. The zero-order chi connectivity index (χ0) is 25.2. The predicted molar refractivity (Wildman–Crippen MR) is 132 cm³/mol. The van der Waals surface area contributed by atoms with Crippen molar-refractivity contribution in [2.75, 3.05) is 7.11 Å². The molecule has 6 heteroatoms. The first-order valence-corrected chi connectivity index (χ1v) is 11.5. The summed E-state index contributed by atoms with van der Waals surface area (Å²) < 4.78 is 11.0. The van der Waals surface area contributed by atoms with Crippen molar-refractivity contribution >= 4 is 18.0 Å². The summed E-state index contributed by atoms with van der Waals surface area (Å²) in [5.41, 5.74) is -0.593. The molecule has 1 saturated carbocycles. The molecule has 0 spiro atoms. The van der Waals surface area contributed by atoms with Gasteiger partial charge in [-0.2, -0.15) is 0 Å². The number of hydrogen-bond acceptors (Lipinski definition) is 5. The lowest BCUT2D eigenvalue weighted by atomic mass is 10.0. The van der Waals surface area contributed by atoms with Crippen LogP contribution in [-0.2, 0) is 14.3 Å². The molecule has 3 aromatic carbocycles. The molecule has 6 nitrogen and oxygen atoms in total. The summed E-state index contributed by atoms with van der Waals surface area (Å²) in [5.74, 6) is -2.32. The van der Waals surface area contributed by atoms with Crippen LogP contribution >= 0.6 is 0 Å². The lowest BCUT2D eigenvalue weighted by Gasteiger charge is -2.32. The second-order valence-corrected chi connectivity index (χ2v) is 9.58. The number of carbonyl (C=O) groups excluding carboxylic acids is 3. The van der Waals surface area contributed by atoms with Crippen LogP contribution in [0.1, 0.15) is 54.1 Å². The highest BCUT2D eigenvalue weighted by Crippen LogP contribution is 2.67. The van der Waals surface area contributed by atoms with Gasteiger partial charge in [0.05, 0.1) is 7.11 Å². The number of imide groups is 1. The number of hydrogen-bond donors (Lipinski definition) is 0. The highest BCUT2D eigenvalue weighted by atomic mass is 16.6. The smallest absolute Gasteiger partial charge is 0.418 e. The highest BCUT2D eigenvalue weighted by Gasteiger charge is 2.77. The Hall–Kier alpha value is -3.93. The first kappa shape index (κ1) is 24.2. The Balaban J connectivity index is 1.96. The summed E-state index contributed by atoms with van der Waals surface area (Å²) in [6.45, 7) is 5.16. The van der Waals surface area contributed by atoms with E-state index in [-0.39, 0.29) is 5.56 Å². The maximum absolute atomic E-state index is 14.0. The summed E-state index contributed by atoms with van der Waals surface area (Å²) in [4.78, 5) is 42.3. The van der Waals surface area contributed by atoms with Crippen LogP contribution in [0.4, 0.5) is 4.79 Å².